The Labute approximate surface area is 130 Å². The summed E-state index contributed by atoms with van der Waals surface area (Å²) in [5.74, 6) is -1.48. The van der Waals surface area contributed by atoms with Gasteiger partial charge in [-0.1, -0.05) is 38.1 Å². The van der Waals surface area contributed by atoms with E-state index in [9.17, 15) is 14.4 Å². The van der Waals surface area contributed by atoms with Gasteiger partial charge in [-0.15, -0.1) is 5.06 Å². The van der Waals surface area contributed by atoms with E-state index in [1.165, 1.54) is 5.56 Å². The topological polar surface area (TPSA) is 63.7 Å². The lowest BCUT2D eigenvalue weighted by Gasteiger charge is -2.16. The molecule has 0 bridgehead atoms. The molecular weight excluding hydrogens is 282 g/mol. The summed E-state index contributed by atoms with van der Waals surface area (Å²) in [4.78, 5) is 39.9. The van der Waals surface area contributed by atoms with Crippen LogP contribution in [0.2, 0.25) is 0 Å². The van der Waals surface area contributed by atoms with Crippen LogP contribution in [-0.4, -0.2) is 22.8 Å². The van der Waals surface area contributed by atoms with Gasteiger partial charge in [0.25, 0.3) is 11.8 Å². The highest BCUT2D eigenvalue weighted by Crippen LogP contribution is 2.21. The Morgan fingerprint density at radius 3 is 2.14 bits per heavy atom. The van der Waals surface area contributed by atoms with E-state index in [0.717, 1.165) is 12.0 Å². The van der Waals surface area contributed by atoms with Crippen molar-refractivity contribution in [1.82, 2.24) is 5.06 Å². The zero-order valence-electron chi connectivity index (χ0n) is 13.2. The van der Waals surface area contributed by atoms with E-state index in [4.69, 9.17) is 4.84 Å². The first-order valence-corrected chi connectivity index (χ1v) is 7.55. The van der Waals surface area contributed by atoms with Crippen LogP contribution in [0.25, 0.3) is 0 Å². The summed E-state index contributed by atoms with van der Waals surface area (Å²) in [6, 6.07) is 7.76. The quantitative estimate of drug-likeness (QED) is 0.784. The minimum absolute atomic E-state index is 0.102. The van der Waals surface area contributed by atoms with E-state index in [0.29, 0.717) is 11.0 Å². The molecule has 1 heterocycles. The van der Waals surface area contributed by atoms with Gasteiger partial charge in [-0.25, -0.2) is 4.79 Å². The standard InChI is InChI=1S/C17H21NO4/c1-11(2)10-13-4-6-14(7-5-13)12(3)17(21)22-18-15(19)8-9-16(18)20/h4-7,11-12H,8-10H2,1-3H3/t12-/m1/s1. The fourth-order valence-corrected chi connectivity index (χ4v) is 2.38. The molecule has 5 nitrogen and oxygen atoms in total. The van der Waals surface area contributed by atoms with Crippen LogP contribution in [0.4, 0.5) is 0 Å². The predicted octanol–water partition coefficient (Wildman–Crippen LogP) is 2.60. The SMILES string of the molecule is CC(C)Cc1ccc([C@@H](C)C(=O)ON2C(=O)CCC2=O)cc1. The summed E-state index contributed by atoms with van der Waals surface area (Å²) in [6.45, 7) is 6.00. The summed E-state index contributed by atoms with van der Waals surface area (Å²) in [5, 5.41) is 0.589. The highest BCUT2D eigenvalue weighted by atomic mass is 16.7. The van der Waals surface area contributed by atoms with Gasteiger partial charge in [0.05, 0.1) is 5.92 Å². The summed E-state index contributed by atoms with van der Waals surface area (Å²) >= 11 is 0. The van der Waals surface area contributed by atoms with Crippen LogP contribution in [0.1, 0.15) is 50.7 Å². The number of hydroxylamine groups is 2. The number of rotatable bonds is 5. The Kier molecular flexibility index (Phi) is 4.96. The fraction of sp³-hybridized carbons (Fsp3) is 0.471. The van der Waals surface area contributed by atoms with Crippen molar-refractivity contribution in [3.63, 3.8) is 0 Å². The molecule has 0 saturated carbocycles. The number of carbonyl (C=O) groups excluding carboxylic acids is 3. The van der Waals surface area contributed by atoms with E-state index in [-0.39, 0.29) is 12.8 Å². The number of benzene rings is 1. The largest absolute Gasteiger partial charge is 0.340 e. The molecule has 118 valence electrons. The van der Waals surface area contributed by atoms with Crippen molar-refractivity contribution in [3.05, 3.63) is 35.4 Å². The average molecular weight is 303 g/mol. The molecule has 1 saturated heterocycles. The minimum Gasteiger partial charge on any atom is -0.330 e. The maximum Gasteiger partial charge on any atom is 0.340 e. The van der Waals surface area contributed by atoms with Gasteiger partial charge in [0, 0.05) is 12.8 Å². The second-order valence-electron chi connectivity index (χ2n) is 6.05. The molecule has 1 aliphatic heterocycles. The lowest BCUT2D eigenvalue weighted by molar-refractivity contribution is -0.198. The molecule has 1 atom stereocenters. The molecule has 5 heteroatoms. The van der Waals surface area contributed by atoms with Crippen molar-refractivity contribution < 1.29 is 19.2 Å². The van der Waals surface area contributed by atoms with Crippen LogP contribution in [-0.2, 0) is 25.6 Å². The molecule has 2 rings (SSSR count). The Morgan fingerprint density at radius 2 is 1.64 bits per heavy atom. The second kappa shape index (κ2) is 6.73. The van der Waals surface area contributed by atoms with E-state index < -0.39 is 23.7 Å². The smallest absolute Gasteiger partial charge is 0.330 e. The van der Waals surface area contributed by atoms with Crippen LogP contribution in [0.3, 0.4) is 0 Å². The van der Waals surface area contributed by atoms with Crippen LogP contribution < -0.4 is 0 Å². The minimum atomic E-state index is -0.597. The van der Waals surface area contributed by atoms with Gasteiger partial charge in [-0.2, -0.15) is 0 Å². The van der Waals surface area contributed by atoms with E-state index in [1.54, 1.807) is 6.92 Å². The molecule has 0 aliphatic carbocycles. The van der Waals surface area contributed by atoms with Gasteiger partial charge in [-0.3, -0.25) is 9.59 Å². The summed E-state index contributed by atoms with van der Waals surface area (Å²) in [7, 11) is 0. The molecule has 22 heavy (non-hydrogen) atoms. The molecule has 1 aromatic rings. The number of hydrogen-bond donors (Lipinski definition) is 0. The van der Waals surface area contributed by atoms with Crippen molar-refractivity contribution in [1.29, 1.82) is 0 Å². The monoisotopic (exact) mass is 303 g/mol. The van der Waals surface area contributed by atoms with Gasteiger partial charge in [0.2, 0.25) is 0 Å². The zero-order chi connectivity index (χ0) is 16.3. The van der Waals surface area contributed by atoms with Gasteiger partial charge in [0.1, 0.15) is 0 Å². The first-order chi connectivity index (χ1) is 10.4. The van der Waals surface area contributed by atoms with Crippen LogP contribution in [0, 0.1) is 5.92 Å². The van der Waals surface area contributed by atoms with Gasteiger partial charge in [-0.05, 0) is 30.4 Å². The number of hydrogen-bond acceptors (Lipinski definition) is 4. The molecule has 1 aromatic carbocycles. The molecule has 2 amide bonds. The van der Waals surface area contributed by atoms with Crippen molar-refractivity contribution in [2.45, 2.75) is 46.0 Å². The number of carbonyl (C=O) groups is 3. The van der Waals surface area contributed by atoms with Crippen LogP contribution >= 0.6 is 0 Å². The maximum absolute atomic E-state index is 12.1. The average Bonchev–Trinajstić information content (AvgIpc) is 2.78. The molecule has 0 aromatic heterocycles. The van der Waals surface area contributed by atoms with Crippen molar-refractivity contribution in [3.8, 4) is 0 Å². The lowest BCUT2D eigenvalue weighted by Crippen LogP contribution is -2.33. The van der Waals surface area contributed by atoms with Crippen molar-refractivity contribution in [2.75, 3.05) is 0 Å². The Hall–Kier alpha value is -2.17. The fourth-order valence-electron chi connectivity index (χ4n) is 2.38. The number of amides is 2. The third-order valence-corrected chi connectivity index (χ3v) is 3.66. The Morgan fingerprint density at radius 1 is 1.09 bits per heavy atom. The summed E-state index contributed by atoms with van der Waals surface area (Å²) in [6.07, 6.45) is 1.19. The van der Waals surface area contributed by atoms with Crippen molar-refractivity contribution in [2.24, 2.45) is 5.92 Å². The van der Waals surface area contributed by atoms with Crippen LogP contribution in [0.15, 0.2) is 24.3 Å². The molecule has 0 N–H and O–H groups in total. The van der Waals surface area contributed by atoms with E-state index >= 15 is 0 Å². The van der Waals surface area contributed by atoms with Gasteiger partial charge < -0.3 is 4.84 Å². The van der Waals surface area contributed by atoms with Crippen LogP contribution in [0.5, 0.6) is 0 Å². The Bertz CT molecular complexity index is 561. The van der Waals surface area contributed by atoms with E-state index in [1.807, 2.05) is 24.3 Å². The zero-order valence-corrected chi connectivity index (χ0v) is 13.2. The third kappa shape index (κ3) is 3.72. The number of nitrogens with zero attached hydrogens (tertiary/aromatic N) is 1. The molecule has 0 unspecified atom stereocenters. The lowest BCUT2D eigenvalue weighted by atomic mass is 9.97. The summed E-state index contributed by atoms with van der Waals surface area (Å²) < 4.78 is 0. The van der Waals surface area contributed by atoms with Gasteiger partial charge >= 0.3 is 5.97 Å². The number of imide groups is 1. The summed E-state index contributed by atoms with van der Waals surface area (Å²) in [5.41, 5.74) is 2.01. The highest BCUT2D eigenvalue weighted by Gasteiger charge is 2.34. The molecule has 0 radical (unpaired) electrons. The molecule has 1 aliphatic rings. The molecular formula is C17H21NO4. The normalized spacial score (nSPS) is 16.3. The van der Waals surface area contributed by atoms with Crippen molar-refractivity contribution >= 4 is 17.8 Å². The van der Waals surface area contributed by atoms with Gasteiger partial charge in [0.15, 0.2) is 0 Å². The first kappa shape index (κ1) is 16.2. The maximum atomic E-state index is 12.1. The third-order valence-electron chi connectivity index (χ3n) is 3.66. The first-order valence-electron chi connectivity index (χ1n) is 7.55. The molecule has 0 spiro atoms. The van der Waals surface area contributed by atoms with E-state index in [2.05, 4.69) is 13.8 Å². The second-order valence-corrected chi connectivity index (χ2v) is 6.05. The predicted molar refractivity (Wildman–Crippen MR) is 80.6 cm³/mol. The Balaban J connectivity index is 2.01. The highest BCUT2D eigenvalue weighted by molar-refractivity contribution is 6.01. The molecule has 1 fully saturated rings.